The van der Waals surface area contributed by atoms with Crippen LogP contribution in [-0.4, -0.2) is 49.2 Å². The quantitative estimate of drug-likeness (QED) is 0.648. The van der Waals surface area contributed by atoms with Crippen molar-refractivity contribution >= 4 is 17.3 Å². The molecule has 6 nitrogen and oxygen atoms in total. The zero-order chi connectivity index (χ0) is 17.5. The molecule has 0 spiro atoms. The first-order chi connectivity index (χ1) is 12.2. The molecule has 2 aromatic rings. The Morgan fingerprint density at radius 3 is 2.56 bits per heavy atom. The molecule has 0 bridgehead atoms. The standard InChI is InChI=1S/C19H24N4O2/c1-16(18-8-5-15-25-18)20-21-19(24)9-10-22-11-13-23(14-12-22)17-6-3-2-4-7-17/h2-8,15H,9-14H2,1H3,(H,21,24)/b20-16+. The molecule has 6 heteroatoms. The maximum Gasteiger partial charge on any atom is 0.241 e. The van der Waals surface area contributed by atoms with E-state index in [0.29, 0.717) is 17.9 Å². The Labute approximate surface area is 148 Å². The molecular formula is C19H24N4O2. The minimum Gasteiger partial charge on any atom is -0.463 e. The van der Waals surface area contributed by atoms with Crippen LogP contribution < -0.4 is 10.3 Å². The fourth-order valence-electron chi connectivity index (χ4n) is 2.87. The number of carbonyl (C=O) groups is 1. The van der Waals surface area contributed by atoms with Crippen LogP contribution >= 0.6 is 0 Å². The van der Waals surface area contributed by atoms with Crippen molar-refractivity contribution in [1.29, 1.82) is 0 Å². The Kier molecular flexibility index (Phi) is 5.85. The van der Waals surface area contributed by atoms with E-state index in [2.05, 4.69) is 44.6 Å². The number of nitrogens with zero attached hydrogens (tertiary/aromatic N) is 3. The summed E-state index contributed by atoms with van der Waals surface area (Å²) in [7, 11) is 0. The Morgan fingerprint density at radius 1 is 1.12 bits per heavy atom. The lowest BCUT2D eigenvalue weighted by atomic mass is 10.2. The van der Waals surface area contributed by atoms with Crippen LogP contribution in [0, 0.1) is 0 Å². The topological polar surface area (TPSA) is 61.1 Å². The molecule has 1 fully saturated rings. The van der Waals surface area contributed by atoms with Crippen LogP contribution in [0.3, 0.4) is 0 Å². The lowest BCUT2D eigenvalue weighted by Crippen LogP contribution is -2.47. The molecule has 1 aliphatic rings. The van der Waals surface area contributed by atoms with Crippen molar-refractivity contribution in [1.82, 2.24) is 10.3 Å². The summed E-state index contributed by atoms with van der Waals surface area (Å²) in [5.74, 6) is 0.591. The smallest absolute Gasteiger partial charge is 0.241 e. The summed E-state index contributed by atoms with van der Waals surface area (Å²) in [6, 6.07) is 14.1. The Hall–Kier alpha value is -2.60. The van der Waals surface area contributed by atoms with E-state index in [0.717, 1.165) is 32.7 Å². The number of nitrogens with one attached hydrogen (secondary N) is 1. The van der Waals surface area contributed by atoms with E-state index in [4.69, 9.17) is 4.42 Å². The first-order valence-corrected chi connectivity index (χ1v) is 8.62. The number of piperazine rings is 1. The average molecular weight is 340 g/mol. The van der Waals surface area contributed by atoms with Gasteiger partial charge in [-0.25, -0.2) is 5.43 Å². The van der Waals surface area contributed by atoms with Gasteiger partial charge < -0.3 is 9.32 Å². The van der Waals surface area contributed by atoms with Crippen molar-refractivity contribution in [2.75, 3.05) is 37.6 Å². The van der Waals surface area contributed by atoms with Gasteiger partial charge in [0.15, 0.2) is 0 Å². The van der Waals surface area contributed by atoms with Gasteiger partial charge in [-0.3, -0.25) is 9.69 Å². The lowest BCUT2D eigenvalue weighted by molar-refractivity contribution is -0.121. The molecular weight excluding hydrogens is 316 g/mol. The summed E-state index contributed by atoms with van der Waals surface area (Å²) in [6.45, 7) is 6.47. The van der Waals surface area contributed by atoms with E-state index in [1.807, 2.05) is 19.1 Å². The molecule has 1 aromatic carbocycles. The molecule has 3 rings (SSSR count). The molecule has 1 N–H and O–H groups in total. The maximum absolute atomic E-state index is 12.0. The third kappa shape index (κ3) is 4.93. The van der Waals surface area contributed by atoms with Gasteiger partial charge in [-0.2, -0.15) is 5.10 Å². The minimum absolute atomic E-state index is 0.0728. The minimum atomic E-state index is -0.0728. The van der Waals surface area contributed by atoms with Gasteiger partial charge in [-0.1, -0.05) is 18.2 Å². The molecule has 0 saturated carbocycles. The molecule has 1 amide bonds. The SMILES string of the molecule is C/C(=N\NC(=O)CCN1CCN(c2ccccc2)CC1)c1ccco1. The van der Waals surface area contributed by atoms with Crippen molar-refractivity contribution in [3.05, 3.63) is 54.5 Å². The second-order valence-corrected chi connectivity index (χ2v) is 6.12. The van der Waals surface area contributed by atoms with Gasteiger partial charge in [0.25, 0.3) is 0 Å². The molecule has 0 atom stereocenters. The van der Waals surface area contributed by atoms with E-state index in [-0.39, 0.29) is 5.91 Å². The largest absolute Gasteiger partial charge is 0.463 e. The fourth-order valence-corrected chi connectivity index (χ4v) is 2.87. The first kappa shape index (κ1) is 17.2. The molecule has 25 heavy (non-hydrogen) atoms. The predicted octanol–water partition coefficient (Wildman–Crippen LogP) is 2.33. The van der Waals surface area contributed by atoms with Gasteiger partial charge in [-0.15, -0.1) is 0 Å². The predicted molar refractivity (Wildman–Crippen MR) is 98.8 cm³/mol. The van der Waals surface area contributed by atoms with E-state index >= 15 is 0 Å². The van der Waals surface area contributed by atoms with Gasteiger partial charge in [0.2, 0.25) is 5.91 Å². The normalized spacial score (nSPS) is 16.0. The fraction of sp³-hybridized carbons (Fsp3) is 0.368. The van der Waals surface area contributed by atoms with Gasteiger partial charge in [0.05, 0.1) is 6.26 Å². The summed E-state index contributed by atoms with van der Waals surface area (Å²) in [6.07, 6.45) is 2.03. The van der Waals surface area contributed by atoms with Crippen molar-refractivity contribution < 1.29 is 9.21 Å². The number of benzene rings is 1. The van der Waals surface area contributed by atoms with E-state index in [1.165, 1.54) is 5.69 Å². The zero-order valence-electron chi connectivity index (χ0n) is 14.5. The zero-order valence-corrected chi connectivity index (χ0v) is 14.5. The van der Waals surface area contributed by atoms with Crippen LogP contribution in [0.4, 0.5) is 5.69 Å². The number of hydrogen-bond acceptors (Lipinski definition) is 5. The molecule has 0 aliphatic carbocycles. The average Bonchev–Trinajstić information content (AvgIpc) is 3.20. The summed E-state index contributed by atoms with van der Waals surface area (Å²) >= 11 is 0. The summed E-state index contributed by atoms with van der Waals surface area (Å²) < 4.78 is 5.23. The van der Waals surface area contributed by atoms with Crippen LogP contribution in [0.25, 0.3) is 0 Å². The van der Waals surface area contributed by atoms with Crippen molar-refractivity contribution in [3.63, 3.8) is 0 Å². The molecule has 0 unspecified atom stereocenters. The third-order valence-corrected chi connectivity index (χ3v) is 4.37. The summed E-state index contributed by atoms with van der Waals surface area (Å²) in [4.78, 5) is 16.7. The van der Waals surface area contributed by atoms with Gasteiger partial charge in [-0.05, 0) is 31.2 Å². The number of hydrazone groups is 1. The third-order valence-electron chi connectivity index (χ3n) is 4.37. The molecule has 132 valence electrons. The van der Waals surface area contributed by atoms with Gasteiger partial charge in [0, 0.05) is 44.8 Å². The summed E-state index contributed by atoms with van der Waals surface area (Å²) in [5, 5.41) is 4.08. The number of hydrogen-bond donors (Lipinski definition) is 1. The molecule has 1 aliphatic heterocycles. The highest BCUT2D eigenvalue weighted by Gasteiger charge is 2.17. The Balaban J connectivity index is 1.38. The maximum atomic E-state index is 12.0. The molecule has 0 radical (unpaired) electrons. The number of anilines is 1. The molecule has 1 aromatic heterocycles. The highest BCUT2D eigenvalue weighted by atomic mass is 16.3. The number of rotatable bonds is 6. The van der Waals surface area contributed by atoms with E-state index in [1.54, 1.807) is 12.3 Å². The molecule has 1 saturated heterocycles. The number of furan rings is 1. The second kappa shape index (κ2) is 8.48. The van der Waals surface area contributed by atoms with Crippen molar-refractivity contribution in [2.24, 2.45) is 5.10 Å². The Bertz CT molecular complexity index is 689. The monoisotopic (exact) mass is 340 g/mol. The van der Waals surface area contributed by atoms with Crippen molar-refractivity contribution in [2.45, 2.75) is 13.3 Å². The number of para-hydroxylation sites is 1. The lowest BCUT2D eigenvalue weighted by Gasteiger charge is -2.36. The highest BCUT2D eigenvalue weighted by Crippen LogP contribution is 2.15. The van der Waals surface area contributed by atoms with Crippen LogP contribution in [0.5, 0.6) is 0 Å². The van der Waals surface area contributed by atoms with Gasteiger partial charge >= 0.3 is 0 Å². The second-order valence-electron chi connectivity index (χ2n) is 6.12. The number of carbonyl (C=O) groups excluding carboxylic acids is 1. The van der Waals surface area contributed by atoms with Gasteiger partial charge in [0.1, 0.15) is 11.5 Å². The van der Waals surface area contributed by atoms with Crippen LogP contribution in [0.2, 0.25) is 0 Å². The summed E-state index contributed by atoms with van der Waals surface area (Å²) in [5.41, 5.74) is 4.53. The highest BCUT2D eigenvalue weighted by molar-refractivity contribution is 5.96. The molecule has 2 heterocycles. The van der Waals surface area contributed by atoms with E-state index in [9.17, 15) is 4.79 Å². The van der Waals surface area contributed by atoms with Crippen molar-refractivity contribution in [3.8, 4) is 0 Å². The van der Waals surface area contributed by atoms with Crippen LogP contribution in [0.15, 0.2) is 58.2 Å². The van der Waals surface area contributed by atoms with Crippen LogP contribution in [0.1, 0.15) is 19.1 Å². The van der Waals surface area contributed by atoms with E-state index < -0.39 is 0 Å². The first-order valence-electron chi connectivity index (χ1n) is 8.62. The Morgan fingerprint density at radius 2 is 1.88 bits per heavy atom. The number of amides is 1. The van der Waals surface area contributed by atoms with Crippen LogP contribution in [-0.2, 0) is 4.79 Å².